The molecule has 1 saturated heterocycles. The maximum absolute atomic E-state index is 13.9. The van der Waals surface area contributed by atoms with Crippen molar-refractivity contribution in [2.24, 2.45) is 5.73 Å². The average Bonchev–Trinajstić information content (AvgIpc) is 2.93. The summed E-state index contributed by atoms with van der Waals surface area (Å²) in [6.07, 6.45) is 1.81. The number of benzene rings is 2. The van der Waals surface area contributed by atoms with Crippen molar-refractivity contribution in [3.05, 3.63) is 65.7 Å². The highest BCUT2D eigenvalue weighted by atomic mass is 32.2. The van der Waals surface area contributed by atoms with Gasteiger partial charge >= 0.3 is 0 Å². The zero-order valence-electron chi connectivity index (χ0n) is 22.8. The normalized spacial score (nSPS) is 18.4. The van der Waals surface area contributed by atoms with Crippen LogP contribution >= 0.6 is 11.8 Å². The summed E-state index contributed by atoms with van der Waals surface area (Å²) < 4.78 is -1.29. The number of aliphatic hydroxyl groups excluding tert-OH is 1. The Labute approximate surface area is 234 Å². The molecule has 3 rings (SSSR count). The lowest BCUT2D eigenvalue weighted by Gasteiger charge is -2.42. The first-order valence-corrected chi connectivity index (χ1v) is 13.9. The van der Waals surface area contributed by atoms with E-state index in [4.69, 9.17) is 11.1 Å². The monoisotopic (exact) mass is 553 g/mol. The minimum Gasteiger partial charge on any atom is -0.392 e. The Hall–Kier alpha value is -3.21. The number of amides is 3. The highest BCUT2D eigenvalue weighted by Crippen LogP contribution is 2.38. The number of hydrogen-bond donors (Lipinski definition) is 5. The van der Waals surface area contributed by atoms with E-state index in [1.165, 1.54) is 18.8 Å². The topological polar surface area (TPSA) is 149 Å². The first-order valence-electron chi connectivity index (χ1n) is 13.1. The zero-order valence-corrected chi connectivity index (χ0v) is 23.6. The van der Waals surface area contributed by atoms with Gasteiger partial charge in [-0.2, -0.15) is 0 Å². The summed E-state index contributed by atoms with van der Waals surface area (Å²) in [5.74, 6) is -1.10. The highest BCUT2D eigenvalue weighted by molar-refractivity contribution is 8.02. The van der Waals surface area contributed by atoms with Crippen molar-refractivity contribution in [2.45, 2.75) is 67.4 Å². The standard InChI is InChI=1S/C29H39N5O4S/c1-28(2,31)26(37)33-23(15-9-12-20-10-7-8-11-21(20)18-35)25(36)34-17-16-24(30)29(19-34,27(38)32-3)39-22-13-5-4-6-14-22/h4-8,10-11,13-14,23,30,35H,9,12,15-19,31H2,1-3H3,(H,32,38)(H,33,37)/t23-,29?/m1/s1. The molecule has 0 bridgehead atoms. The molecule has 39 heavy (non-hydrogen) atoms. The van der Waals surface area contributed by atoms with E-state index in [0.717, 1.165) is 16.0 Å². The number of thioether (sulfide) groups is 1. The third-order valence-electron chi connectivity index (χ3n) is 6.89. The molecule has 3 amide bonds. The Morgan fingerprint density at radius 1 is 1.13 bits per heavy atom. The zero-order chi connectivity index (χ0) is 28.6. The number of rotatable bonds is 11. The Bertz CT molecular complexity index is 1170. The molecule has 1 unspecified atom stereocenters. The van der Waals surface area contributed by atoms with E-state index in [-0.39, 0.29) is 43.6 Å². The molecule has 0 aromatic heterocycles. The smallest absolute Gasteiger partial charge is 0.245 e. The average molecular weight is 554 g/mol. The molecule has 1 aliphatic heterocycles. The van der Waals surface area contributed by atoms with Crippen molar-refractivity contribution >= 4 is 35.2 Å². The molecular formula is C29H39N5O4S. The third kappa shape index (κ3) is 7.46. The SMILES string of the molecule is CNC(=O)C1(Sc2ccccc2)CN(C(=O)[C@@H](CCCc2ccccc2CO)NC(=O)C(C)(C)N)CCC1=N. The molecule has 0 radical (unpaired) electrons. The van der Waals surface area contributed by atoms with Gasteiger partial charge in [0.05, 0.1) is 18.7 Å². The number of aryl methyl sites for hydroxylation is 1. The molecular weight excluding hydrogens is 514 g/mol. The van der Waals surface area contributed by atoms with Crippen LogP contribution in [0.4, 0.5) is 0 Å². The number of nitrogens with zero attached hydrogens (tertiary/aromatic N) is 1. The molecule has 0 aliphatic carbocycles. The fourth-order valence-corrected chi connectivity index (χ4v) is 5.93. The lowest BCUT2D eigenvalue weighted by Crippen LogP contribution is -2.63. The van der Waals surface area contributed by atoms with Crippen LogP contribution in [0.25, 0.3) is 0 Å². The van der Waals surface area contributed by atoms with Crippen LogP contribution in [0.1, 0.15) is 44.2 Å². The van der Waals surface area contributed by atoms with E-state index in [0.29, 0.717) is 19.3 Å². The molecule has 9 nitrogen and oxygen atoms in total. The second kappa shape index (κ2) is 13.2. The summed E-state index contributed by atoms with van der Waals surface area (Å²) in [6.45, 7) is 3.37. The van der Waals surface area contributed by atoms with Crippen LogP contribution in [0, 0.1) is 5.41 Å². The van der Waals surface area contributed by atoms with Crippen molar-refractivity contribution < 1.29 is 19.5 Å². The largest absolute Gasteiger partial charge is 0.392 e. The number of aliphatic hydroxyl groups is 1. The Balaban J connectivity index is 1.84. The van der Waals surface area contributed by atoms with Gasteiger partial charge in [-0.3, -0.25) is 14.4 Å². The maximum Gasteiger partial charge on any atom is 0.245 e. The van der Waals surface area contributed by atoms with Crippen LogP contribution in [-0.4, -0.2) is 69.9 Å². The van der Waals surface area contributed by atoms with Crippen LogP contribution in [0.15, 0.2) is 59.5 Å². The molecule has 1 fully saturated rings. The quantitative estimate of drug-likeness (QED) is 0.288. The van der Waals surface area contributed by atoms with Crippen LogP contribution in [0.3, 0.4) is 0 Å². The van der Waals surface area contributed by atoms with Gasteiger partial charge < -0.3 is 31.8 Å². The van der Waals surface area contributed by atoms with Gasteiger partial charge in [0.2, 0.25) is 17.7 Å². The molecule has 210 valence electrons. The van der Waals surface area contributed by atoms with Crippen molar-refractivity contribution in [2.75, 3.05) is 20.1 Å². The first kappa shape index (κ1) is 30.3. The molecule has 1 heterocycles. The number of likely N-dealkylation sites (tertiary alicyclic amines) is 1. The van der Waals surface area contributed by atoms with Crippen molar-refractivity contribution in [1.29, 1.82) is 5.41 Å². The van der Waals surface area contributed by atoms with Crippen molar-refractivity contribution in [3.8, 4) is 0 Å². The number of carbonyl (C=O) groups is 3. The van der Waals surface area contributed by atoms with Gasteiger partial charge in [-0.1, -0.05) is 42.5 Å². The van der Waals surface area contributed by atoms with Crippen LogP contribution in [0.2, 0.25) is 0 Å². The van der Waals surface area contributed by atoms with Gasteiger partial charge in [-0.25, -0.2) is 0 Å². The second-order valence-corrected chi connectivity index (χ2v) is 11.7. The van der Waals surface area contributed by atoms with E-state index in [1.807, 2.05) is 54.6 Å². The van der Waals surface area contributed by atoms with Crippen molar-refractivity contribution in [3.63, 3.8) is 0 Å². The maximum atomic E-state index is 13.9. The molecule has 2 aromatic carbocycles. The summed E-state index contributed by atoms with van der Waals surface area (Å²) in [5.41, 5.74) is 6.91. The molecule has 10 heteroatoms. The minimum absolute atomic E-state index is 0.00956. The van der Waals surface area contributed by atoms with E-state index >= 15 is 0 Å². The number of nitrogens with one attached hydrogen (secondary N) is 3. The molecule has 0 saturated carbocycles. The summed E-state index contributed by atoms with van der Waals surface area (Å²) in [7, 11) is 1.53. The summed E-state index contributed by atoms with van der Waals surface area (Å²) in [6, 6.07) is 16.1. The predicted octanol–water partition coefficient (Wildman–Crippen LogP) is 2.25. The molecule has 6 N–H and O–H groups in total. The summed E-state index contributed by atoms with van der Waals surface area (Å²) >= 11 is 1.26. The highest BCUT2D eigenvalue weighted by Gasteiger charge is 2.49. The minimum atomic E-state index is -1.29. The molecule has 2 aromatic rings. The van der Waals surface area contributed by atoms with E-state index in [1.54, 1.807) is 18.7 Å². The fourth-order valence-electron chi connectivity index (χ4n) is 4.60. The van der Waals surface area contributed by atoms with E-state index in [2.05, 4.69) is 10.6 Å². The van der Waals surface area contributed by atoms with Crippen LogP contribution < -0.4 is 16.4 Å². The van der Waals surface area contributed by atoms with Gasteiger partial charge in [0.25, 0.3) is 0 Å². The van der Waals surface area contributed by atoms with Gasteiger partial charge in [0.15, 0.2) is 4.75 Å². The molecule has 1 aliphatic rings. The molecule has 0 spiro atoms. The molecule has 2 atom stereocenters. The van der Waals surface area contributed by atoms with E-state index < -0.39 is 22.2 Å². The lowest BCUT2D eigenvalue weighted by atomic mass is 9.92. The van der Waals surface area contributed by atoms with Gasteiger partial charge in [0, 0.05) is 30.6 Å². The summed E-state index contributed by atoms with van der Waals surface area (Å²) in [4.78, 5) is 42.4. The number of carbonyl (C=O) groups excluding carboxylic acids is 3. The number of piperidine rings is 1. The lowest BCUT2D eigenvalue weighted by molar-refractivity contribution is -0.138. The Kier molecular flexibility index (Phi) is 10.3. The van der Waals surface area contributed by atoms with Crippen LogP contribution in [-0.2, 0) is 27.4 Å². The van der Waals surface area contributed by atoms with Gasteiger partial charge in [-0.05, 0) is 56.4 Å². The third-order valence-corrected chi connectivity index (χ3v) is 8.31. The van der Waals surface area contributed by atoms with Crippen LogP contribution in [0.5, 0.6) is 0 Å². The Morgan fingerprint density at radius 2 is 1.77 bits per heavy atom. The van der Waals surface area contributed by atoms with Crippen molar-refractivity contribution in [1.82, 2.24) is 15.5 Å². The Morgan fingerprint density at radius 3 is 2.38 bits per heavy atom. The predicted molar refractivity (Wildman–Crippen MR) is 154 cm³/mol. The first-order chi connectivity index (χ1) is 18.5. The van der Waals surface area contributed by atoms with Gasteiger partial charge in [0.1, 0.15) is 6.04 Å². The second-order valence-electron chi connectivity index (χ2n) is 10.4. The van der Waals surface area contributed by atoms with Gasteiger partial charge in [-0.15, -0.1) is 11.8 Å². The summed E-state index contributed by atoms with van der Waals surface area (Å²) in [5, 5.41) is 23.9. The number of hydrogen-bond acceptors (Lipinski definition) is 7. The number of nitrogens with two attached hydrogens (primary N) is 1. The fraction of sp³-hybridized carbons (Fsp3) is 0.448. The van der Waals surface area contributed by atoms with E-state index in [9.17, 15) is 19.5 Å².